The number of anilines is 1. The van der Waals surface area contributed by atoms with Crippen LogP contribution in [-0.4, -0.2) is 33.6 Å². The number of halogens is 1. The molecule has 24 heavy (non-hydrogen) atoms. The predicted octanol–water partition coefficient (Wildman–Crippen LogP) is 1.76. The summed E-state index contributed by atoms with van der Waals surface area (Å²) in [5.41, 5.74) is 0.0730. The van der Waals surface area contributed by atoms with Gasteiger partial charge in [-0.25, -0.2) is 0 Å². The Bertz CT molecular complexity index is 887. The maximum Gasteiger partial charge on any atom is 0.271 e. The van der Waals surface area contributed by atoms with Crippen molar-refractivity contribution in [3.05, 3.63) is 62.5 Å². The van der Waals surface area contributed by atoms with Crippen molar-refractivity contribution in [2.24, 2.45) is 0 Å². The summed E-state index contributed by atoms with van der Waals surface area (Å²) in [5.74, 6) is -1.68. The molecule has 7 nitrogen and oxygen atoms in total. The number of H-pyrrole nitrogens is 1. The Kier molecular flexibility index (Phi) is 4.06. The number of nitrogens with one attached hydrogen (secondary N) is 2. The number of fused-ring (bicyclic) bond motifs is 1. The summed E-state index contributed by atoms with van der Waals surface area (Å²) in [6.07, 6.45) is 1.44. The van der Waals surface area contributed by atoms with Crippen LogP contribution >= 0.6 is 15.9 Å². The summed E-state index contributed by atoms with van der Waals surface area (Å²) in [6, 6.07) is 6.76. The second kappa shape index (κ2) is 6.04. The second-order valence-electron chi connectivity index (χ2n) is 5.25. The highest BCUT2D eigenvalue weighted by atomic mass is 79.9. The molecule has 2 aromatic rings. The molecule has 0 spiro atoms. The number of nitrogens with zero attached hydrogens (tertiary/aromatic N) is 1. The number of carbonyl (C=O) groups is 3. The smallest absolute Gasteiger partial charge is 0.271 e. The Balaban J connectivity index is 1.85. The van der Waals surface area contributed by atoms with Crippen molar-refractivity contribution >= 4 is 39.3 Å². The van der Waals surface area contributed by atoms with Crippen molar-refractivity contribution in [1.82, 2.24) is 9.88 Å². The van der Waals surface area contributed by atoms with E-state index in [0.717, 1.165) is 4.90 Å². The summed E-state index contributed by atoms with van der Waals surface area (Å²) in [6.45, 7) is 1.43. The molecule has 0 saturated heterocycles. The molecule has 0 bridgehead atoms. The fourth-order valence-electron chi connectivity index (χ4n) is 2.46. The van der Waals surface area contributed by atoms with Crippen LogP contribution in [0.2, 0.25) is 0 Å². The molecule has 1 aliphatic heterocycles. The van der Waals surface area contributed by atoms with Crippen molar-refractivity contribution < 1.29 is 14.4 Å². The van der Waals surface area contributed by atoms with Gasteiger partial charge in [0.1, 0.15) is 11.7 Å². The van der Waals surface area contributed by atoms with Crippen LogP contribution in [-0.2, 0) is 4.79 Å². The minimum atomic E-state index is -1.06. The molecule has 2 heterocycles. The van der Waals surface area contributed by atoms with Crippen LogP contribution in [0.3, 0.4) is 0 Å². The first-order chi connectivity index (χ1) is 11.4. The second-order valence-corrected chi connectivity index (χ2v) is 6.17. The highest BCUT2D eigenvalue weighted by molar-refractivity contribution is 9.10. The molecule has 1 unspecified atom stereocenters. The number of imide groups is 1. The molecule has 0 aliphatic carbocycles. The minimum absolute atomic E-state index is 0.0258. The summed E-state index contributed by atoms with van der Waals surface area (Å²) in [5, 5.41) is 2.44. The summed E-state index contributed by atoms with van der Waals surface area (Å²) in [7, 11) is 0. The molecular weight excluding hydrogens is 378 g/mol. The Morgan fingerprint density at radius 3 is 2.33 bits per heavy atom. The zero-order valence-corrected chi connectivity index (χ0v) is 14.1. The van der Waals surface area contributed by atoms with Gasteiger partial charge in [0.2, 0.25) is 5.91 Å². The van der Waals surface area contributed by atoms with Gasteiger partial charge in [-0.2, -0.15) is 0 Å². The number of rotatable bonds is 3. The lowest BCUT2D eigenvalue weighted by molar-refractivity contribution is -0.119. The van der Waals surface area contributed by atoms with Crippen molar-refractivity contribution in [3.8, 4) is 0 Å². The van der Waals surface area contributed by atoms with Gasteiger partial charge in [-0.15, -0.1) is 0 Å². The Labute approximate surface area is 144 Å². The van der Waals surface area contributed by atoms with Crippen LogP contribution in [0.25, 0.3) is 0 Å². The Morgan fingerprint density at radius 2 is 1.75 bits per heavy atom. The fraction of sp³-hybridized carbons (Fsp3) is 0.125. The monoisotopic (exact) mass is 389 g/mol. The number of aromatic nitrogens is 1. The molecule has 2 N–H and O–H groups in total. The quantitative estimate of drug-likeness (QED) is 0.781. The van der Waals surface area contributed by atoms with E-state index < -0.39 is 29.3 Å². The molecule has 122 valence electrons. The van der Waals surface area contributed by atoms with E-state index in [4.69, 9.17) is 0 Å². The Morgan fingerprint density at radius 1 is 1.17 bits per heavy atom. The molecule has 3 amide bonds. The van der Waals surface area contributed by atoms with Gasteiger partial charge in [0.15, 0.2) is 0 Å². The minimum Gasteiger partial charge on any atom is -0.326 e. The van der Waals surface area contributed by atoms with Crippen LogP contribution in [0.1, 0.15) is 27.6 Å². The third-order valence-corrected chi connectivity index (χ3v) is 4.18. The van der Waals surface area contributed by atoms with Crippen molar-refractivity contribution in [2.75, 3.05) is 5.32 Å². The predicted molar refractivity (Wildman–Crippen MR) is 89.8 cm³/mol. The third kappa shape index (κ3) is 2.65. The van der Waals surface area contributed by atoms with Crippen LogP contribution in [0.4, 0.5) is 5.69 Å². The van der Waals surface area contributed by atoms with Gasteiger partial charge in [0.05, 0.1) is 11.1 Å². The third-order valence-electron chi connectivity index (χ3n) is 3.72. The molecule has 1 atom stereocenters. The van der Waals surface area contributed by atoms with Crippen LogP contribution in [0.15, 0.2) is 45.8 Å². The summed E-state index contributed by atoms with van der Waals surface area (Å²) in [4.78, 5) is 52.2. The van der Waals surface area contributed by atoms with E-state index in [-0.39, 0.29) is 16.8 Å². The first kappa shape index (κ1) is 16.1. The maximum atomic E-state index is 12.4. The van der Waals surface area contributed by atoms with Crippen LogP contribution in [0.5, 0.6) is 0 Å². The van der Waals surface area contributed by atoms with E-state index in [0.29, 0.717) is 4.47 Å². The lowest BCUT2D eigenvalue weighted by Gasteiger charge is -2.21. The molecular formula is C16H12BrN3O4. The van der Waals surface area contributed by atoms with Gasteiger partial charge in [0.25, 0.3) is 17.4 Å². The number of aromatic amines is 1. The highest BCUT2D eigenvalue weighted by Gasteiger charge is 2.40. The van der Waals surface area contributed by atoms with E-state index in [1.165, 1.54) is 19.2 Å². The van der Waals surface area contributed by atoms with E-state index in [1.807, 2.05) is 0 Å². The lowest BCUT2D eigenvalue weighted by atomic mass is 10.1. The molecule has 1 aromatic carbocycles. The zero-order valence-electron chi connectivity index (χ0n) is 12.5. The largest absolute Gasteiger partial charge is 0.326 e. The van der Waals surface area contributed by atoms with Gasteiger partial charge in [0, 0.05) is 10.7 Å². The van der Waals surface area contributed by atoms with E-state index >= 15 is 0 Å². The van der Waals surface area contributed by atoms with Crippen LogP contribution < -0.4 is 10.9 Å². The van der Waals surface area contributed by atoms with Crippen molar-refractivity contribution in [1.29, 1.82) is 0 Å². The zero-order chi connectivity index (χ0) is 17.4. The molecule has 0 fully saturated rings. The average molecular weight is 390 g/mol. The van der Waals surface area contributed by atoms with Gasteiger partial charge in [-0.05, 0) is 41.1 Å². The molecule has 8 heteroatoms. The molecule has 3 rings (SSSR count). The standard InChI is InChI=1S/C16H12BrN3O4/c1-8(13(21)19-12-6-9(17)7-18-14(12)22)20-15(23)10-4-2-3-5-11(10)16(20)24/h2-8H,1H3,(H,18,22)(H,19,21). The number of hydrogen-bond acceptors (Lipinski definition) is 4. The van der Waals surface area contributed by atoms with Crippen LogP contribution in [0, 0.1) is 0 Å². The lowest BCUT2D eigenvalue weighted by Crippen LogP contribution is -2.45. The number of carbonyl (C=O) groups excluding carboxylic acids is 3. The van der Waals surface area contributed by atoms with E-state index in [9.17, 15) is 19.2 Å². The topological polar surface area (TPSA) is 99.3 Å². The van der Waals surface area contributed by atoms with Crippen molar-refractivity contribution in [2.45, 2.75) is 13.0 Å². The molecule has 0 radical (unpaired) electrons. The van der Waals surface area contributed by atoms with Gasteiger partial charge < -0.3 is 10.3 Å². The average Bonchev–Trinajstić information content (AvgIpc) is 2.82. The fourth-order valence-corrected chi connectivity index (χ4v) is 2.81. The normalized spacial score (nSPS) is 14.5. The molecule has 0 saturated carbocycles. The number of hydrogen-bond donors (Lipinski definition) is 2. The van der Waals surface area contributed by atoms with E-state index in [1.54, 1.807) is 24.3 Å². The number of amides is 3. The summed E-state index contributed by atoms with van der Waals surface area (Å²) < 4.78 is 0.575. The summed E-state index contributed by atoms with van der Waals surface area (Å²) >= 11 is 3.19. The van der Waals surface area contributed by atoms with Crippen molar-refractivity contribution in [3.63, 3.8) is 0 Å². The first-order valence-corrected chi connectivity index (χ1v) is 7.85. The Hall–Kier alpha value is -2.74. The van der Waals surface area contributed by atoms with E-state index in [2.05, 4.69) is 26.2 Å². The van der Waals surface area contributed by atoms with Gasteiger partial charge in [-0.1, -0.05) is 12.1 Å². The first-order valence-electron chi connectivity index (χ1n) is 7.06. The SMILES string of the molecule is CC(C(=O)Nc1cc(Br)c[nH]c1=O)N1C(=O)c2ccccc2C1=O. The highest BCUT2D eigenvalue weighted by Crippen LogP contribution is 2.24. The van der Waals surface area contributed by atoms with Gasteiger partial charge in [-0.3, -0.25) is 24.1 Å². The molecule has 1 aromatic heterocycles. The number of benzene rings is 1. The molecule has 1 aliphatic rings. The van der Waals surface area contributed by atoms with Gasteiger partial charge >= 0.3 is 0 Å². The number of pyridine rings is 1. The maximum absolute atomic E-state index is 12.4.